The van der Waals surface area contributed by atoms with E-state index in [-0.39, 0.29) is 5.69 Å². The van der Waals surface area contributed by atoms with Crippen molar-refractivity contribution in [2.45, 2.75) is 45.7 Å². The topological polar surface area (TPSA) is 94.3 Å². The number of pyridine rings is 1. The summed E-state index contributed by atoms with van der Waals surface area (Å²) >= 11 is 6.79. The molecule has 0 fully saturated rings. The molecule has 9 heteroatoms. The molecule has 1 N–H and O–H groups in total. The van der Waals surface area contributed by atoms with Crippen molar-refractivity contribution in [1.29, 1.82) is 0 Å². The van der Waals surface area contributed by atoms with E-state index in [1.54, 1.807) is 10.8 Å². The van der Waals surface area contributed by atoms with Gasteiger partial charge in [0.2, 0.25) is 0 Å². The first kappa shape index (κ1) is 24.6. The molecule has 188 valence electrons. The van der Waals surface area contributed by atoms with Crippen molar-refractivity contribution in [2.24, 2.45) is 0 Å². The van der Waals surface area contributed by atoms with Gasteiger partial charge in [0.1, 0.15) is 10.8 Å². The Bertz CT molecular complexity index is 1510. The number of nitrogens with one attached hydrogen (secondary N) is 1. The lowest BCUT2D eigenvalue weighted by Crippen LogP contribution is -2.26. The molecule has 5 rings (SSSR count). The fraction of sp³-hybridized carbons (Fsp3) is 0.250. The standard InChI is InChI=1S/C28H28ClN7O/c1-2-3-11-24-26(29)35(18-16-20-8-5-4-6-9-20)28(37)36(24)19-21-12-14-22(15-13-21)23-10-7-17-30-25(23)27-31-33-34-32-27/h4-10,12-15,17H,2-3,11,16,18-19H2,1H3,(H,31,32,33,34). The van der Waals surface area contributed by atoms with Gasteiger partial charge in [0.25, 0.3) is 0 Å². The number of unbranched alkanes of at least 4 members (excludes halogenated alkanes) is 1. The molecule has 0 aliphatic heterocycles. The van der Waals surface area contributed by atoms with E-state index in [1.165, 1.54) is 5.56 Å². The van der Waals surface area contributed by atoms with E-state index < -0.39 is 0 Å². The Morgan fingerprint density at radius 3 is 2.46 bits per heavy atom. The minimum Gasteiger partial charge on any atom is -0.290 e. The van der Waals surface area contributed by atoms with Gasteiger partial charge in [0.05, 0.1) is 12.2 Å². The maximum Gasteiger partial charge on any atom is 0.329 e. The van der Waals surface area contributed by atoms with Crippen LogP contribution in [-0.4, -0.2) is 34.7 Å². The third-order valence-corrected chi connectivity index (χ3v) is 6.90. The van der Waals surface area contributed by atoms with Crippen molar-refractivity contribution in [2.75, 3.05) is 0 Å². The van der Waals surface area contributed by atoms with E-state index in [0.717, 1.165) is 48.1 Å². The molecule has 0 amide bonds. The second-order valence-corrected chi connectivity index (χ2v) is 9.30. The van der Waals surface area contributed by atoms with E-state index >= 15 is 0 Å². The van der Waals surface area contributed by atoms with Crippen LogP contribution in [0.5, 0.6) is 0 Å². The Morgan fingerprint density at radius 1 is 0.919 bits per heavy atom. The fourth-order valence-corrected chi connectivity index (χ4v) is 4.85. The number of aryl methyl sites for hydroxylation is 1. The Balaban J connectivity index is 1.42. The van der Waals surface area contributed by atoms with Crippen LogP contribution in [0.15, 0.2) is 77.7 Å². The summed E-state index contributed by atoms with van der Waals surface area (Å²) in [6, 6.07) is 22.2. The molecule has 3 aromatic heterocycles. The van der Waals surface area contributed by atoms with Gasteiger partial charge in [-0.1, -0.05) is 85.6 Å². The molecule has 0 atom stereocenters. The molecule has 0 radical (unpaired) electrons. The number of hydrogen-bond acceptors (Lipinski definition) is 5. The molecule has 0 bridgehead atoms. The number of hydrogen-bond donors (Lipinski definition) is 1. The van der Waals surface area contributed by atoms with Crippen molar-refractivity contribution >= 4 is 11.6 Å². The Morgan fingerprint density at radius 2 is 1.73 bits per heavy atom. The highest BCUT2D eigenvalue weighted by Crippen LogP contribution is 2.28. The Hall–Kier alpha value is -4.04. The van der Waals surface area contributed by atoms with E-state index in [2.05, 4.69) is 44.7 Å². The molecule has 3 heterocycles. The van der Waals surface area contributed by atoms with Crippen LogP contribution in [0.4, 0.5) is 0 Å². The summed E-state index contributed by atoms with van der Waals surface area (Å²) < 4.78 is 3.54. The molecule has 0 unspecified atom stereocenters. The zero-order chi connectivity index (χ0) is 25.6. The van der Waals surface area contributed by atoms with Crippen LogP contribution in [0, 0.1) is 0 Å². The van der Waals surface area contributed by atoms with Crippen molar-refractivity contribution in [3.05, 3.63) is 105 Å². The van der Waals surface area contributed by atoms with Crippen LogP contribution in [0.25, 0.3) is 22.6 Å². The Labute approximate surface area is 220 Å². The maximum atomic E-state index is 13.5. The molecule has 37 heavy (non-hydrogen) atoms. The van der Waals surface area contributed by atoms with E-state index in [4.69, 9.17) is 11.6 Å². The van der Waals surface area contributed by atoms with Crippen LogP contribution >= 0.6 is 11.6 Å². The zero-order valence-corrected chi connectivity index (χ0v) is 21.4. The summed E-state index contributed by atoms with van der Waals surface area (Å²) in [7, 11) is 0. The summed E-state index contributed by atoms with van der Waals surface area (Å²) in [6.07, 6.45) is 5.24. The van der Waals surface area contributed by atoms with E-state index in [9.17, 15) is 4.79 Å². The first-order valence-corrected chi connectivity index (χ1v) is 12.8. The number of nitrogens with zero attached hydrogens (tertiary/aromatic N) is 6. The summed E-state index contributed by atoms with van der Waals surface area (Å²) in [5.41, 5.74) is 5.62. The molecular weight excluding hydrogens is 486 g/mol. The van der Waals surface area contributed by atoms with Gasteiger partial charge in [0.15, 0.2) is 5.82 Å². The average Bonchev–Trinajstić information content (AvgIpc) is 3.55. The highest BCUT2D eigenvalue weighted by molar-refractivity contribution is 6.30. The van der Waals surface area contributed by atoms with Gasteiger partial charge in [-0.05, 0) is 52.4 Å². The number of tetrazole rings is 1. The van der Waals surface area contributed by atoms with Gasteiger partial charge in [-0.25, -0.2) is 9.89 Å². The fourth-order valence-electron chi connectivity index (χ4n) is 4.50. The average molecular weight is 514 g/mol. The van der Waals surface area contributed by atoms with Crippen LogP contribution in [0.1, 0.15) is 36.6 Å². The van der Waals surface area contributed by atoms with Crippen LogP contribution < -0.4 is 5.69 Å². The van der Waals surface area contributed by atoms with Crippen molar-refractivity contribution in [3.8, 4) is 22.6 Å². The number of aromatic amines is 1. The minimum atomic E-state index is -0.0662. The molecular formula is C28H28ClN7O. The highest BCUT2D eigenvalue weighted by Gasteiger charge is 2.19. The smallest absolute Gasteiger partial charge is 0.290 e. The molecule has 0 saturated carbocycles. The predicted octanol–water partition coefficient (Wildman–Crippen LogP) is 5.18. The summed E-state index contributed by atoms with van der Waals surface area (Å²) in [6.45, 7) is 3.15. The van der Waals surface area contributed by atoms with Crippen molar-refractivity contribution in [1.82, 2.24) is 34.7 Å². The van der Waals surface area contributed by atoms with Crippen molar-refractivity contribution < 1.29 is 0 Å². The number of benzene rings is 2. The lowest BCUT2D eigenvalue weighted by atomic mass is 10.0. The van der Waals surface area contributed by atoms with Gasteiger partial charge in [0, 0.05) is 18.3 Å². The zero-order valence-electron chi connectivity index (χ0n) is 20.6. The van der Waals surface area contributed by atoms with Crippen LogP contribution in [-0.2, 0) is 25.9 Å². The lowest BCUT2D eigenvalue weighted by Gasteiger charge is -2.10. The summed E-state index contributed by atoms with van der Waals surface area (Å²) in [4.78, 5) is 17.9. The van der Waals surface area contributed by atoms with Crippen LogP contribution in [0.2, 0.25) is 5.15 Å². The van der Waals surface area contributed by atoms with Gasteiger partial charge < -0.3 is 0 Å². The number of imidazole rings is 1. The number of rotatable bonds is 10. The first-order chi connectivity index (χ1) is 18.2. The maximum absolute atomic E-state index is 13.5. The quantitative estimate of drug-likeness (QED) is 0.278. The number of halogens is 1. The highest BCUT2D eigenvalue weighted by atomic mass is 35.5. The number of aromatic nitrogens is 7. The Kier molecular flexibility index (Phi) is 7.56. The number of H-pyrrole nitrogens is 1. The van der Waals surface area contributed by atoms with Gasteiger partial charge in [-0.2, -0.15) is 0 Å². The van der Waals surface area contributed by atoms with Gasteiger partial charge in [-0.3, -0.25) is 14.1 Å². The third-order valence-electron chi connectivity index (χ3n) is 6.48. The van der Waals surface area contributed by atoms with Crippen molar-refractivity contribution in [3.63, 3.8) is 0 Å². The molecule has 8 nitrogen and oxygen atoms in total. The lowest BCUT2D eigenvalue weighted by molar-refractivity contribution is 0.626. The van der Waals surface area contributed by atoms with Gasteiger partial charge in [-0.15, -0.1) is 5.10 Å². The predicted molar refractivity (Wildman–Crippen MR) is 144 cm³/mol. The largest absolute Gasteiger partial charge is 0.329 e. The third kappa shape index (κ3) is 5.39. The molecule has 0 spiro atoms. The van der Waals surface area contributed by atoms with E-state index in [0.29, 0.717) is 29.8 Å². The summed E-state index contributed by atoms with van der Waals surface area (Å²) in [5.74, 6) is 0.512. The normalized spacial score (nSPS) is 11.2. The molecule has 0 saturated heterocycles. The second kappa shape index (κ2) is 11.3. The molecule has 5 aromatic rings. The monoisotopic (exact) mass is 513 g/mol. The molecule has 0 aliphatic rings. The van der Waals surface area contributed by atoms with Crippen LogP contribution in [0.3, 0.4) is 0 Å². The van der Waals surface area contributed by atoms with Gasteiger partial charge >= 0.3 is 5.69 Å². The second-order valence-electron chi connectivity index (χ2n) is 8.94. The minimum absolute atomic E-state index is 0.0662. The SMILES string of the molecule is CCCCc1c(Cl)n(CCc2ccccc2)c(=O)n1Cc1ccc(-c2cccnc2-c2nnn[nH]2)cc1. The molecule has 0 aliphatic carbocycles. The summed E-state index contributed by atoms with van der Waals surface area (Å²) in [5, 5.41) is 14.7. The van der Waals surface area contributed by atoms with E-state index in [1.807, 2.05) is 59.2 Å². The first-order valence-electron chi connectivity index (χ1n) is 12.5. The molecule has 2 aromatic carbocycles.